The summed E-state index contributed by atoms with van der Waals surface area (Å²) in [5.74, 6) is 0. The number of hydrogen-bond donors (Lipinski definition) is 1. The number of nitrogens with zero attached hydrogens (tertiary/aromatic N) is 1. The van der Waals surface area contributed by atoms with Gasteiger partial charge in [-0.3, -0.25) is 0 Å². The average Bonchev–Trinajstić information content (AvgIpc) is 2.17. The van der Waals surface area contributed by atoms with Crippen LogP contribution in [0.3, 0.4) is 0 Å². The van der Waals surface area contributed by atoms with Crippen LogP contribution in [0.5, 0.6) is 0 Å². The van der Waals surface area contributed by atoms with Gasteiger partial charge in [-0.15, -0.1) is 0 Å². The van der Waals surface area contributed by atoms with Crippen molar-refractivity contribution in [1.82, 2.24) is 10.2 Å². The molecule has 0 aromatic carbocycles. The summed E-state index contributed by atoms with van der Waals surface area (Å²) < 4.78 is 10.3. The molecule has 2 heterocycles. The first-order valence-corrected chi connectivity index (χ1v) is 5.05. The van der Waals surface area contributed by atoms with Gasteiger partial charge in [0, 0.05) is 25.2 Å². The van der Waals surface area contributed by atoms with Gasteiger partial charge in [-0.05, 0) is 6.92 Å². The minimum absolute atomic E-state index is 0.203. The average molecular weight is 200 g/mol. The molecule has 0 aromatic heterocycles. The van der Waals surface area contributed by atoms with Gasteiger partial charge in [0.15, 0.2) is 0 Å². The van der Waals surface area contributed by atoms with E-state index in [0.717, 1.165) is 0 Å². The highest BCUT2D eigenvalue weighted by Crippen LogP contribution is 2.11. The van der Waals surface area contributed by atoms with E-state index in [9.17, 15) is 4.79 Å². The van der Waals surface area contributed by atoms with Crippen LogP contribution in [0.15, 0.2) is 0 Å². The predicted octanol–water partition coefficient (Wildman–Crippen LogP) is -0.185. The maximum absolute atomic E-state index is 11.5. The fourth-order valence-corrected chi connectivity index (χ4v) is 1.96. The Hall–Kier alpha value is -0.810. The Morgan fingerprint density at radius 2 is 2.14 bits per heavy atom. The molecule has 80 valence electrons. The smallest absolute Gasteiger partial charge is 0.409 e. The third-order valence-corrected chi connectivity index (χ3v) is 2.52. The summed E-state index contributed by atoms with van der Waals surface area (Å²) in [6, 6.07) is 0.541. The van der Waals surface area contributed by atoms with Gasteiger partial charge in [0.25, 0.3) is 0 Å². The van der Waals surface area contributed by atoms with Crippen LogP contribution in [0.4, 0.5) is 4.79 Å². The molecule has 14 heavy (non-hydrogen) atoms. The summed E-state index contributed by atoms with van der Waals surface area (Å²) in [6.07, 6.45) is -0.203. The topological polar surface area (TPSA) is 50.8 Å². The van der Waals surface area contributed by atoms with E-state index in [1.54, 1.807) is 4.90 Å². The molecule has 1 N–H and O–H groups in total. The number of morpholine rings is 1. The van der Waals surface area contributed by atoms with Crippen molar-refractivity contribution in [2.75, 3.05) is 32.9 Å². The van der Waals surface area contributed by atoms with E-state index in [2.05, 4.69) is 5.32 Å². The number of hydrogen-bond acceptors (Lipinski definition) is 4. The second-order valence-electron chi connectivity index (χ2n) is 3.70. The SMILES string of the molecule is CCOC(=O)N1CC2COCC(C1)N2. The fraction of sp³-hybridized carbons (Fsp3) is 0.889. The number of nitrogens with one attached hydrogen (secondary N) is 1. The van der Waals surface area contributed by atoms with Gasteiger partial charge >= 0.3 is 6.09 Å². The van der Waals surface area contributed by atoms with Crippen molar-refractivity contribution < 1.29 is 14.3 Å². The van der Waals surface area contributed by atoms with Crippen LogP contribution in [-0.4, -0.2) is 56.0 Å². The third kappa shape index (κ3) is 1.99. The predicted molar refractivity (Wildman–Crippen MR) is 50.1 cm³/mol. The zero-order valence-electron chi connectivity index (χ0n) is 8.36. The number of fused-ring (bicyclic) bond motifs is 2. The molecule has 2 aliphatic rings. The molecule has 2 aliphatic heterocycles. The van der Waals surface area contributed by atoms with E-state index < -0.39 is 0 Å². The number of rotatable bonds is 1. The summed E-state index contributed by atoms with van der Waals surface area (Å²) in [5, 5.41) is 3.41. The van der Waals surface area contributed by atoms with Crippen molar-refractivity contribution in [2.45, 2.75) is 19.0 Å². The lowest BCUT2D eigenvalue weighted by Gasteiger charge is -2.41. The molecule has 2 fully saturated rings. The van der Waals surface area contributed by atoms with Crippen molar-refractivity contribution in [3.8, 4) is 0 Å². The molecule has 2 unspecified atom stereocenters. The van der Waals surface area contributed by atoms with E-state index in [-0.39, 0.29) is 18.2 Å². The summed E-state index contributed by atoms with van der Waals surface area (Å²) in [4.78, 5) is 13.2. The van der Waals surface area contributed by atoms with Crippen molar-refractivity contribution in [3.63, 3.8) is 0 Å². The lowest BCUT2D eigenvalue weighted by Crippen LogP contribution is -2.63. The molecule has 0 aromatic rings. The van der Waals surface area contributed by atoms with Crippen molar-refractivity contribution in [2.24, 2.45) is 0 Å². The van der Waals surface area contributed by atoms with Crippen LogP contribution in [-0.2, 0) is 9.47 Å². The maximum Gasteiger partial charge on any atom is 0.409 e. The molecule has 2 atom stereocenters. The molecule has 0 aliphatic carbocycles. The molecular formula is C9H16N2O3. The molecule has 2 saturated heterocycles. The van der Waals surface area contributed by atoms with Gasteiger partial charge in [0.2, 0.25) is 0 Å². The standard InChI is InChI=1S/C9H16N2O3/c1-2-14-9(12)11-3-7-5-13-6-8(4-11)10-7/h7-8,10H,2-6H2,1H3. The zero-order valence-corrected chi connectivity index (χ0v) is 8.36. The maximum atomic E-state index is 11.5. The Labute approximate surface area is 83.3 Å². The first kappa shape index (κ1) is 9.73. The normalized spacial score (nSPS) is 31.4. The minimum Gasteiger partial charge on any atom is -0.450 e. The molecule has 2 rings (SSSR count). The Bertz CT molecular complexity index is 210. The number of amides is 1. The number of piperazine rings is 1. The summed E-state index contributed by atoms with van der Waals surface area (Å²) in [5.41, 5.74) is 0. The van der Waals surface area contributed by atoms with E-state index in [1.165, 1.54) is 0 Å². The van der Waals surface area contributed by atoms with Crippen LogP contribution in [0.1, 0.15) is 6.92 Å². The first-order chi connectivity index (χ1) is 6.79. The monoisotopic (exact) mass is 200 g/mol. The highest BCUT2D eigenvalue weighted by molar-refractivity contribution is 5.67. The zero-order chi connectivity index (χ0) is 9.97. The Balaban J connectivity index is 1.91. The van der Waals surface area contributed by atoms with Gasteiger partial charge in [0.05, 0.1) is 19.8 Å². The summed E-state index contributed by atoms with van der Waals surface area (Å²) in [7, 11) is 0. The van der Waals surface area contributed by atoms with Gasteiger partial charge in [0.1, 0.15) is 0 Å². The van der Waals surface area contributed by atoms with E-state index in [0.29, 0.717) is 32.9 Å². The molecule has 5 heteroatoms. The number of ether oxygens (including phenoxy) is 2. The van der Waals surface area contributed by atoms with E-state index >= 15 is 0 Å². The summed E-state index contributed by atoms with van der Waals surface area (Å²) in [6.45, 7) is 5.02. The van der Waals surface area contributed by atoms with Crippen molar-refractivity contribution >= 4 is 6.09 Å². The lowest BCUT2D eigenvalue weighted by molar-refractivity contribution is -0.00679. The second kappa shape index (κ2) is 4.14. The first-order valence-electron chi connectivity index (χ1n) is 5.05. The van der Waals surface area contributed by atoms with E-state index in [4.69, 9.17) is 9.47 Å². The summed E-state index contributed by atoms with van der Waals surface area (Å²) >= 11 is 0. The van der Waals surface area contributed by atoms with Gasteiger partial charge in [-0.2, -0.15) is 0 Å². The Morgan fingerprint density at radius 3 is 2.71 bits per heavy atom. The quantitative estimate of drug-likeness (QED) is 0.637. The highest BCUT2D eigenvalue weighted by atomic mass is 16.6. The number of carbonyl (C=O) groups excluding carboxylic acids is 1. The second-order valence-corrected chi connectivity index (χ2v) is 3.70. The molecule has 0 saturated carbocycles. The van der Waals surface area contributed by atoms with Crippen LogP contribution in [0.25, 0.3) is 0 Å². The van der Waals surface area contributed by atoms with E-state index in [1.807, 2.05) is 6.92 Å². The largest absolute Gasteiger partial charge is 0.450 e. The molecule has 2 bridgehead atoms. The molecule has 0 spiro atoms. The molecule has 5 nitrogen and oxygen atoms in total. The molecule has 0 radical (unpaired) electrons. The Kier molecular flexibility index (Phi) is 2.88. The molecular weight excluding hydrogens is 184 g/mol. The highest BCUT2D eigenvalue weighted by Gasteiger charge is 2.33. The van der Waals surface area contributed by atoms with Crippen molar-refractivity contribution in [3.05, 3.63) is 0 Å². The number of carbonyl (C=O) groups is 1. The van der Waals surface area contributed by atoms with Crippen molar-refractivity contribution in [1.29, 1.82) is 0 Å². The van der Waals surface area contributed by atoms with Gasteiger partial charge in [-0.1, -0.05) is 0 Å². The third-order valence-electron chi connectivity index (χ3n) is 2.52. The van der Waals surface area contributed by atoms with Gasteiger partial charge in [-0.25, -0.2) is 4.79 Å². The van der Waals surface area contributed by atoms with Crippen LogP contribution in [0, 0.1) is 0 Å². The fourth-order valence-electron chi connectivity index (χ4n) is 1.96. The van der Waals surface area contributed by atoms with Gasteiger partial charge < -0.3 is 19.7 Å². The van der Waals surface area contributed by atoms with Crippen LogP contribution >= 0.6 is 0 Å². The van der Waals surface area contributed by atoms with Crippen LogP contribution < -0.4 is 5.32 Å². The van der Waals surface area contributed by atoms with Crippen LogP contribution in [0.2, 0.25) is 0 Å². The Morgan fingerprint density at radius 1 is 1.50 bits per heavy atom. The lowest BCUT2D eigenvalue weighted by atomic mass is 10.1. The minimum atomic E-state index is -0.203. The molecule has 1 amide bonds.